The van der Waals surface area contributed by atoms with Gasteiger partial charge >= 0.3 is 0 Å². The monoisotopic (exact) mass is 420 g/mol. The standard InChI is InChI=1S/C26H52N4/c1-8-19(2)17-30(7)24(21(4)27)25-26(5,6)18-28-15-22-13-11-9-10-12-20(3)14-23(22)16-29-25/h14,19-22,24-25,28-29H,8-13,15-18,27H2,1-7H3. The molecule has 0 amide bonds. The summed E-state index contributed by atoms with van der Waals surface area (Å²) in [7, 11) is 2.28. The average molecular weight is 421 g/mol. The summed E-state index contributed by atoms with van der Waals surface area (Å²) in [5.74, 6) is 2.04. The zero-order valence-electron chi connectivity index (χ0n) is 21.1. The first-order chi connectivity index (χ1) is 14.2. The predicted octanol–water partition coefficient (Wildman–Crippen LogP) is 4.41. The number of likely N-dealkylation sites (N-methyl/N-ethyl adjacent to an activating group) is 1. The number of nitrogens with one attached hydrogen (secondary N) is 2. The van der Waals surface area contributed by atoms with Gasteiger partial charge in [-0.05, 0) is 50.0 Å². The molecule has 0 aromatic heterocycles. The second-order valence-electron chi connectivity index (χ2n) is 11.3. The van der Waals surface area contributed by atoms with Crippen molar-refractivity contribution in [3.63, 3.8) is 0 Å². The molecule has 0 bridgehead atoms. The Morgan fingerprint density at radius 2 is 1.90 bits per heavy atom. The van der Waals surface area contributed by atoms with Crippen LogP contribution in [0.3, 0.4) is 0 Å². The van der Waals surface area contributed by atoms with Crippen LogP contribution in [0.1, 0.15) is 80.1 Å². The normalized spacial score (nSPS) is 31.6. The smallest absolute Gasteiger partial charge is 0.0400 e. The second kappa shape index (κ2) is 12.0. The fraction of sp³-hybridized carbons (Fsp3) is 0.923. The second-order valence-corrected chi connectivity index (χ2v) is 11.3. The molecule has 0 radical (unpaired) electrons. The van der Waals surface area contributed by atoms with Crippen LogP contribution in [0, 0.1) is 23.2 Å². The Hall–Kier alpha value is -0.420. The number of nitrogens with zero attached hydrogens (tertiary/aromatic N) is 1. The summed E-state index contributed by atoms with van der Waals surface area (Å²) >= 11 is 0. The largest absolute Gasteiger partial charge is 0.326 e. The average Bonchev–Trinajstić information content (AvgIpc) is 2.77. The molecule has 0 saturated carbocycles. The highest BCUT2D eigenvalue weighted by atomic mass is 15.2. The van der Waals surface area contributed by atoms with Crippen LogP contribution in [-0.4, -0.2) is 56.3 Å². The van der Waals surface area contributed by atoms with E-state index in [0.717, 1.165) is 26.2 Å². The van der Waals surface area contributed by atoms with Crippen molar-refractivity contribution in [2.75, 3.05) is 33.2 Å². The Morgan fingerprint density at radius 3 is 2.57 bits per heavy atom. The number of allylic oxidation sites excluding steroid dienone is 1. The number of fused-ring (bicyclic) bond motifs is 1. The van der Waals surface area contributed by atoms with Crippen LogP contribution < -0.4 is 16.4 Å². The molecule has 1 aliphatic heterocycles. The molecule has 6 atom stereocenters. The number of nitrogens with two attached hydrogens (primary N) is 1. The highest BCUT2D eigenvalue weighted by molar-refractivity contribution is 5.14. The summed E-state index contributed by atoms with van der Waals surface area (Å²) in [6.45, 7) is 18.3. The van der Waals surface area contributed by atoms with Crippen molar-refractivity contribution >= 4 is 0 Å². The molecule has 0 aromatic rings. The van der Waals surface area contributed by atoms with E-state index in [4.69, 9.17) is 5.73 Å². The first-order valence-electron chi connectivity index (χ1n) is 12.8. The Bertz CT molecular complexity index is 527. The predicted molar refractivity (Wildman–Crippen MR) is 132 cm³/mol. The summed E-state index contributed by atoms with van der Waals surface area (Å²) < 4.78 is 0. The number of rotatable bonds is 6. The van der Waals surface area contributed by atoms with Crippen molar-refractivity contribution in [2.24, 2.45) is 28.9 Å². The molecule has 4 heteroatoms. The topological polar surface area (TPSA) is 53.3 Å². The van der Waals surface area contributed by atoms with Crippen molar-refractivity contribution in [1.82, 2.24) is 15.5 Å². The fourth-order valence-electron chi connectivity index (χ4n) is 5.71. The summed E-state index contributed by atoms with van der Waals surface area (Å²) in [5, 5.41) is 7.94. The number of hydrogen-bond acceptors (Lipinski definition) is 4. The summed E-state index contributed by atoms with van der Waals surface area (Å²) in [5.41, 5.74) is 8.40. The molecule has 4 nitrogen and oxygen atoms in total. The van der Waals surface area contributed by atoms with Gasteiger partial charge in [0.1, 0.15) is 0 Å². The minimum absolute atomic E-state index is 0.126. The maximum atomic E-state index is 6.64. The molecule has 2 rings (SSSR count). The lowest BCUT2D eigenvalue weighted by atomic mass is 9.77. The Kier molecular flexibility index (Phi) is 10.3. The van der Waals surface area contributed by atoms with Gasteiger partial charge in [-0.3, -0.25) is 0 Å². The third-order valence-electron chi connectivity index (χ3n) is 7.76. The van der Waals surface area contributed by atoms with Crippen LogP contribution in [0.2, 0.25) is 0 Å². The molecule has 4 N–H and O–H groups in total. The maximum Gasteiger partial charge on any atom is 0.0400 e. The minimum atomic E-state index is 0.126. The Morgan fingerprint density at radius 1 is 1.20 bits per heavy atom. The van der Waals surface area contributed by atoms with E-state index in [0.29, 0.717) is 29.8 Å². The molecule has 0 aromatic carbocycles. The van der Waals surface area contributed by atoms with Gasteiger partial charge in [0.05, 0.1) is 0 Å². The first-order valence-corrected chi connectivity index (χ1v) is 12.8. The summed E-state index contributed by atoms with van der Waals surface area (Å²) in [6.07, 6.45) is 10.6. The van der Waals surface area contributed by atoms with E-state index in [1.54, 1.807) is 5.57 Å². The summed E-state index contributed by atoms with van der Waals surface area (Å²) in [4.78, 5) is 2.54. The zero-order chi connectivity index (χ0) is 22.3. The minimum Gasteiger partial charge on any atom is -0.326 e. The van der Waals surface area contributed by atoms with Crippen LogP contribution in [0.4, 0.5) is 0 Å². The van der Waals surface area contributed by atoms with E-state index in [1.165, 1.54) is 38.5 Å². The van der Waals surface area contributed by atoms with E-state index in [9.17, 15) is 0 Å². The maximum absolute atomic E-state index is 6.64. The van der Waals surface area contributed by atoms with Crippen molar-refractivity contribution in [1.29, 1.82) is 0 Å². The lowest BCUT2D eigenvalue weighted by Crippen LogP contribution is -2.63. The molecule has 1 heterocycles. The van der Waals surface area contributed by atoms with Gasteiger partial charge in [-0.25, -0.2) is 0 Å². The highest BCUT2D eigenvalue weighted by Crippen LogP contribution is 2.31. The SMILES string of the molecule is CCC(C)CN(C)C(C(C)N)C1NCC2=CC(C)CCCCCC2CNCC1(C)C. The van der Waals surface area contributed by atoms with Gasteiger partial charge in [0.25, 0.3) is 0 Å². The highest BCUT2D eigenvalue weighted by Gasteiger charge is 2.40. The van der Waals surface area contributed by atoms with Crippen molar-refractivity contribution in [3.05, 3.63) is 11.6 Å². The van der Waals surface area contributed by atoms with Gasteiger partial charge in [0, 0.05) is 44.3 Å². The van der Waals surface area contributed by atoms with Crippen molar-refractivity contribution in [2.45, 2.75) is 98.2 Å². The molecular formula is C26H52N4. The van der Waals surface area contributed by atoms with Crippen LogP contribution in [0.25, 0.3) is 0 Å². The molecule has 2 aliphatic rings. The van der Waals surface area contributed by atoms with Gasteiger partial charge in [-0.15, -0.1) is 0 Å². The first kappa shape index (κ1) is 25.8. The third-order valence-corrected chi connectivity index (χ3v) is 7.76. The zero-order valence-corrected chi connectivity index (χ0v) is 21.1. The Balaban J connectivity index is 2.29. The van der Waals surface area contributed by atoms with Crippen molar-refractivity contribution < 1.29 is 0 Å². The molecule has 0 spiro atoms. The van der Waals surface area contributed by atoms with Crippen LogP contribution in [-0.2, 0) is 0 Å². The molecule has 6 unspecified atom stereocenters. The van der Waals surface area contributed by atoms with Gasteiger partial charge < -0.3 is 21.3 Å². The lowest BCUT2D eigenvalue weighted by molar-refractivity contribution is 0.0884. The molecule has 1 fully saturated rings. The molecule has 176 valence electrons. The molecular weight excluding hydrogens is 368 g/mol. The molecule has 1 aliphatic carbocycles. The van der Waals surface area contributed by atoms with E-state index in [2.05, 4.69) is 70.2 Å². The van der Waals surface area contributed by atoms with Crippen LogP contribution in [0.15, 0.2) is 11.6 Å². The molecule has 30 heavy (non-hydrogen) atoms. The third kappa shape index (κ3) is 7.32. The van der Waals surface area contributed by atoms with Crippen LogP contribution in [0.5, 0.6) is 0 Å². The van der Waals surface area contributed by atoms with Crippen molar-refractivity contribution in [3.8, 4) is 0 Å². The van der Waals surface area contributed by atoms with E-state index in [1.807, 2.05) is 0 Å². The molecule has 1 saturated heterocycles. The van der Waals surface area contributed by atoms with Gasteiger partial charge in [0.2, 0.25) is 0 Å². The van der Waals surface area contributed by atoms with Gasteiger partial charge in [-0.2, -0.15) is 0 Å². The summed E-state index contributed by atoms with van der Waals surface area (Å²) in [6, 6.07) is 0.796. The van der Waals surface area contributed by atoms with Crippen LogP contribution >= 0.6 is 0 Å². The lowest BCUT2D eigenvalue weighted by Gasteiger charge is -2.46. The number of hydrogen-bond donors (Lipinski definition) is 3. The fourth-order valence-corrected chi connectivity index (χ4v) is 5.71. The van der Waals surface area contributed by atoms with E-state index < -0.39 is 0 Å². The quantitative estimate of drug-likeness (QED) is 0.557. The van der Waals surface area contributed by atoms with Gasteiger partial charge in [-0.1, -0.05) is 72.0 Å². The Labute approximate surface area is 187 Å². The van der Waals surface area contributed by atoms with E-state index >= 15 is 0 Å². The van der Waals surface area contributed by atoms with E-state index in [-0.39, 0.29) is 11.5 Å². The van der Waals surface area contributed by atoms with Gasteiger partial charge in [0.15, 0.2) is 0 Å².